The van der Waals surface area contributed by atoms with Crippen LogP contribution in [0.2, 0.25) is 0 Å². The Balaban J connectivity index is 2.30. The summed E-state index contributed by atoms with van der Waals surface area (Å²) in [7, 11) is 0. The zero-order chi connectivity index (χ0) is 19.4. The van der Waals surface area contributed by atoms with Crippen molar-refractivity contribution in [1.29, 1.82) is 0 Å². The summed E-state index contributed by atoms with van der Waals surface area (Å²) in [6.07, 6.45) is 9.17. The fraction of sp³-hybridized carbons (Fsp3) is 0.636. The van der Waals surface area contributed by atoms with Gasteiger partial charge < -0.3 is 10.2 Å². The van der Waals surface area contributed by atoms with Crippen molar-refractivity contribution < 1.29 is 19.8 Å². The lowest BCUT2D eigenvalue weighted by Crippen LogP contribution is -2.13. The second-order valence-electron chi connectivity index (χ2n) is 7.28. The van der Waals surface area contributed by atoms with E-state index in [0.29, 0.717) is 5.56 Å². The largest absolute Gasteiger partial charge is 0.478 e. The predicted octanol–water partition coefficient (Wildman–Crippen LogP) is 5.02. The number of hydrogen-bond acceptors (Lipinski definition) is 3. The maximum Gasteiger partial charge on any atom is 0.335 e. The van der Waals surface area contributed by atoms with E-state index in [2.05, 4.69) is 6.92 Å². The van der Waals surface area contributed by atoms with Crippen LogP contribution in [0.3, 0.4) is 0 Å². The number of carboxylic acid groups (broad SMARTS) is 1. The Kier molecular flexibility index (Phi) is 10.9. The molecule has 1 rings (SSSR count). The molecular formula is C22H34O4. The van der Waals surface area contributed by atoms with Crippen molar-refractivity contribution in [2.75, 3.05) is 0 Å². The number of carboxylic acids is 1. The lowest BCUT2D eigenvalue weighted by molar-refractivity contribution is -0.121. The highest BCUT2D eigenvalue weighted by atomic mass is 16.4. The molecule has 0 aliphatic carbocycles. The summed E-state index contributed by atoms with van der Waals surface area (Å²) in [4.78, 5) is 22.7. The summed E-state index contributed by atoms with van der Waals surface area (Å²) in [5.74, 6) is -0.618. The Bertz CT molecular complexity index is 536. The first-order chi connectivity index (χ1) is 12.4. The number of hydrogen-bond donors (Lipinski definition) is 2. The molecule has 0 aliphatic rings. The number of aromatic carboxylic acids is 1. The number of carbonyl (C=O) groups excluding carboxylic acids is 1. The number of carbonyl (C=O) groups is 2. The fourth-order valence-electron chi connectivity index (χ4n) is 3.29. The van der Waals surface area contributed by atoms with Crippen molar-refractivity contribution in [1.82, 2.24) is 0 Å². The second-order valence-corrected chi connectivity index (χ2v) is 7.28. The minimum absolute atomic E-state index is 0.0659. The lowest BCUT2D eigenvalue weighted by atomic mass is 9.90. The molecule has 0 radical (unpaired) electrons. The van der Waals surface area contributed by atoms with Gasteiger partial charge in [0, 0.05) is 5.92 Å². The third-order valence-electron chi connectivity index (χ3n) is 5.02. The van der Waals surface area contributed by atoms with Gasteiger partial charge in [-0.2, -0.15) is 0 Å². The Labute approximate surface area is 157 Å². The van der Waals surface area contributed by atoms with Crippen LogP contribution in [-0.2, 0) is 11.2 Å². The number of unbranched alkanes of at least 4 members (excludes halogenated alkanes) is 2. The molecule has 26 heavy (non-hydrogen) atoms. The van der Waals surface area contributed by atoms with Gasteiger partial charge in [-0.15, -0.1) is 0 Å². The average molecular weight is 363 g/mol. The molecule has 4 heteroatoms. The topological polar surface area (TPSA) is 74.6 Å². The molecule has 0 saturated heterocycles. The van der Waals surface area contributed by atoms with Gasteiger partial charge in [0.25, 0.3) is 0 Å². The van der Waals surface area contributed by atoms with E-state index in [0.717, 1.165) is 63.4 Å². The summed E-state index contributed by atoms with van der Waals surface area (Å²) >= 11 is 0. The SMILES string of the molecule is CCCCC[C@@H](O)CCCC(CCCc1ccc(C(=O)O)cc1)C(C)=O. The smallest absolute Gasteiger partial charge is 0.335 e. The number of benzene rings is 1. The molecule has 2 N–H and O–H groups in total. The standard InChI is InChI=1S/C22H34O4/c1-3-4-5-11-21(24)12-7-10-19(17(2)23)9-6-8-18-13-15-20(16-14-18)22(25)26/h13-16,19,21,24H,3-12H2,1-2H3,(H,25,26)/t19?,21-/m1/s1. The van der Waals surface area contributed by atoms with E-state index in [4.69, 9.17) is 5.11 Å². The maximum atomic E-state index is 11.9. The molecule has 0 saturated carbocycles. The van der Waals surface area contributed by atoms with Crippen molar-refractivity contribution in [2.24, 2.45) is 5.92 Å². The number of ketones is 1. The molecule has 1 unspecified atom stereocenters. The third-order valence-corrected chi connectivity index (χ3v) is 5.02. The molecule has 2 atom stereocenters. The summed E-state index contributed by atoms with van der Waals surface area (Å²) in [5.41, 5.74) is 1.40. The molecule has 4 nitrogen and oxygen atoms in total. The van der Waals surface area contributed by atoms with Gasteiger partial charge in [-0.05, 0) is 63.1 Å². The van der Waals surface area contributed by atoms with Gasteiger partial charge >= 0.3 is 5.97 Å². The van der Waals surface area contributed by atoms with Crippen LogP contribution in [0, 0.1) is 5.92 Å². The average Bonchev–Trinajstić information content (AvgIpc) is 2.61. The summed E-state index contributed by atoms with van der Waals surface area (Å²) in [5, 5.41) is 18.9. The van der Waals surface area contributed by atoms with E-state index < -0.39 is 5.97 Å². The molecular weight excluding hydrogens is 328 g/mol. The van der Waals surface area contributed by atoms with Crippen LogP contribution in [0.1, 0.15) is 87.6 Å². The molecule has 0 aliphatic heterocycles. The zero-order valence-electron chi connectivity index (χ0n) is 16.2. The second kappa shape index (κ2) is 12.6. The predicted molar refractivity (Wildman–Crippen MR) is 105 cm³/mol. The number of aryl methyl sites for hydroxylation is 1. The molecule has 0 fully saturated rings. The van der Waals surface area contributed by atoms with Crippen LogP contribution in [0.5, 0.6) is 0 Å². The molecule has 146 valence electrons. The summed E-state index contributed by atoms with van der Waals surface area (Å²) in [6.45, 7) is 3.81. The van der Waals surface area contributed by atoms with Gasteiger partial charge in [0.15, 0.2) is 0 Å². The van der Waals surface area contributed by atoms with Gasteiger partial charge in [-0.1, -0.05) is 44.7 Å². The monoisotopic (exact) mass is 362 g/mol. The van der Waals surface area contributed by atoms with Crippen LogP contribution in [0.15, 0.2) is 24.3 Å². The Morgan fingerprint density at radius 3 is 2.12 bits per heavy atom. The first kappa shape index (κ1) is 22.4. The van der Waals surface area contributed by atoms with Crippen LogP contribution in [0.25, 0.3) is 0 Å². The van der Waals surface area contributed by atoms with Crippen molar-refractivity contribution in [3.8, 4) is 0 Å². The first-order valence-corrected chi connectivity index (χ1v) is 9.94. The van der Waals surface area contributed by atoms with Gasteiger partial charge in [-0.3, -0.25) is 4.79 Å². The third kappa shape index (κ3) is 9.14. The van der Waals surface area contributed by atoms with Gasteiger partial charge in [0.1, 0.15) is 5.78 Å². The maximum absolute atomic E-state index is 11.9. The van der Waals surface area contributed by atoms with E-state index in [1.807, 2.05) is 12.1 Å². The van der Waals surface area contributed by atoms with Crippen molar-refractivity contribution >= 4 is 11.8 Å². The highest BCUT2D eigenvalue weighted by Gasteiger charge is 2.15. The number of Topliss-reactive ketones (excluding diaryl/α,β-unsaturated/α-hetero) is 1. The van der Waals surface area contributed by atoms with Crippen LogP contribution in [-0.4, -0.2) is 28.1 Å². The molecule has 0 bridgehead atoms. The lowest BCUT2D eigenvalue weighted by Gasteiger charge is -2.15. The number of rotatable bonds is 14. The van der Waals surface area contributed by atoms with E-state index in [1.54, 1.807) is 19.1 Å². The summed E-state index contributed by atoms with van der Waals surface area (Å²) in [6, 6.07) is 6.94. The minimum atomic E-state index is -0.912. The highest BCUT2D eigenvalue weighted by Crippen LogP contribution is 2.20. The molecule has 0 heterocycles. The van der Waals surface area contributed by atoms with Crippen molar-refractivity contribution in [3.05, 3.63) is 35.4 Å². The number of aliphatic hydroxyl groups is 1. The van der Waals surface area contributed by atoms with E-state index in [-0.39, 0.29) is 17.8 Å². The first-order valence-electron chi connectivity index (χ1n) is 9.94. The van der Waals surface area contributed by atoms with Crippen molar-refractivity contribution in [2.45, 2.75) is 84.2 Å². The zero-order valence-corrected chi connectivity index (χ0v) is 16.2. The molecule has 0 spiro atoms. The van der Waals surface area contributed by atoms with Crippen molar-refractivity contribution in [3.63, 3.8) is 0 Å². The quantitative estimate of drug-likeness (QED) is 0.455. The molecule has 0 amide bonds. The van der Waals surface area contributed by atoms with Crippen LogP contribution in [0.4, 0.5) is 0 Å². The normalized spacial score (nSPS) is 13.3. The molecule has 0 aromatic heterocycles. The van der Waals surface area contributed by atoms with E-state index in [9.17, 15) is 14.7 Å². The van der Waals surface area contributed by atoms with Crippen LogP contribution < -0.4 is 0 Å². The van der Waals surface area contributed by atoms with Gasteiger partial charge in [0.05, 0.1) is 11.7 Å². The van der Waals surface area contributed by atoms with E-state index in [1.165, 1.54) is 6.42 Å². The van der Waals surface area contributed by atoms with Gasteiger partial charge in [-0.25, -0.2) is 4.79 Å². The van der Waals surface area contributed by atoms with Gasteiger partial charge in [0.2, 0.25) is 0 Å². The molecule has 1 aromatic carbocycles. The van der Waals surface area contributed by atoms with E-state index >= 15 is 0 Å². The summed E-state index contributed by atoms with van der Waals surface area (Å²) < 4.78 is 0. The Morgan fingerprint density at radius 1 is 0.923 bits per heavy atom. The number of aliphatic hydroxyl groups excluding tert-OH is 1. The fourth-order valence-corrected chi connectivity index (χ4v) is 3.29. The van der Waals surface area contributed by atoms with Crippen LogP contribution >= 0.6 is 0 Å². The highest BCUT2D eigenvalue weighted by molar-refractivity contribution is 5.87. The Hall–Kier alpha value is -1.68. The molecule has 1 aromatic rings. The Morgan fingerprint density at radius 2 is 1.54 bits per heavy atom. The minimum Gasteiger partial charge on any atom is -0.478 e.